The van der Waals surface area contributed by atoms with E-state index in [1.54, 1.807) is 5.38 Å². The summed E-state index contributed by atoms with van der Waals surface area (Å²) in [5, 5.41) is 4.43. The number of nitrogens with zero attached hydrogens (tertiary/aromatic N) is 1. The van der Waals surface area contributed by atoms with E-state index in [9.17, 15) is 22.2 Å². The fourth-order valence-corrected chi connectivity index (χ4v) is 3.68. The minimum absolute atomic E-state index is 0.226. The van der Waals surface area contributed by atoms with Gasteiger partial charge in [0.05, 0.1) is 22.5 Å². The van der Waals surface area contributed by atoms with E-state index in [0.29, 0.717) is 11.8 Å². The molecule has 29 heavy (non-hydrogen) atoms. The second-order valence-electron chi connectivity index (χ2n) is 5.61. The van der Waals surface area contributed by atoms with Crippen molar-refractivity contribution in [3.05, 3.63) is 63.4 Å². The molecule has 0 fully saturated rings. The third-order valence-electron chi connectivity index (χ3n) is 3.65. The molecular formula is C17H11BrF3N3O3S2. The molecule has 1 aromatic heterocycles. The number of halogens is 4. The van der Waals surface area contributed by atoms with E-state index in [1.807, 2.05) is 29.0 Å². The number of carbonyl (C=O) groups is 1. The number of anilines is 2. The van der Waals surface area contributed by atoms with E-state index in [0.717, 1.165) is 33.5 Å². The average molecular weight is 506 g/mol. The summed E-state index contributed by atoms with van der Waals surface area (Å²) >= 11 is 1.80. The number of thiazole rings is 1. The second kappa shape index (κ2) is 8.61. The van der Waals surface area contributed by atoms with Crippen molar-refractivity contribution in [2.24, 2.45) is 0 Å². The molecule has 1 atom stereocenters. The average Bonchev–Trinajstić information content (AvgIpc) is 3.09. The van der Waals surface area contributed by atoms with Gasteiger partial charge in [0.2, 0.25) is 0 Å². The third-order valence-corrected chi connectivity index (χ3v) is 5.33. The zero-order valence-electron chi connectivity index (χ0n) is 14.2. The lowest BCUT2D eigenvalue weighted by molar-refractivity contribution is -0.137. The summed E-state index contributed by atoms with van der Waals surface area (Å²) in [6.07, 6.45) is -4.67. The first-order valence-corrected chi connectivity index (χ1v) is 10.5. The minimum atomic E-state index is -4.67. The molecule has 6 nitrogen and oxygen atoms in total. The largest absolute Gasteiger partial charge is 0.416 e. The van der Waals surface area contributed by atoms with Gasteiger partial charge in [-0.15, -0.1) is 11.3 Å². The maximum absolute atomic E-state index is 12.9. The van der Waals surface area contributed by atoms with Crippen molar-refractivity contribution in [3.8, 4) is 11.3 Å². The van der Waals surface area contributed by atoms with Crippen LogP contribution in [0.2, 0.25) is 0 Å². The molecule has 2 aromatic carbocycles. The van der Waals surface area contributed by atoms with Gasteiger partial charge in [-0.3, -0.25) is 19.4 Å². The van der Waals surface area contributed by atoms with Crippen LogP contribution >= 0.6 is 27.3 Å². The van der Waals surface area contributed by atoms with Crippen LogP contribution in [-0.4, -0.2) is 19.7 Å². The van der Waals surface area contributed by atoms with Gasteiger partial charge < -0.3 is 0 Å². The van der Waals surface area contributed by atoms with E-state index in [2.05, 4.69) is 26.2 Å². The number of amides is 1. The van der Waals surface area contributed by atoms with Crippen LogP contribution in [0.5, 0.6) is 0 Å². The van der Waals surface area contributed by atoms with Gasteiger partial charge in [-0.2, -0.15) is 13.2 Å². The predicted octanol–water partition coefficient (Wildman–Crippen LogP) is 5.39. The van der Waals surface area contributed by atoms with E-state index in [1.165, 1.54) is 0 Å². The number of hydrogen-bond donors (Lipinski definition) is 3. The van der Waals surface area contributed by atoms with Gasteiger partial charge in [-0.25, -0.2) is 9.19 Å². The summed E-state index contributed by atoms with van der Waals surface area (Å²) in [7, 11) is 0. The molecule has 0 aliphatic rings. The molecule has 0 radical (unpaired) electrons. The van der Waals surface area contributed by atoms with Crippen LogP contribution in [0.3, 0.4) is 0 Å². The van der Waals surface area contributed by atoms with Gasteiger partial charge >= 0.3 is 6.18 Å². The van der Waals surface area contributed by atoms with Crippen LogP contribution in [0.4, 0.5) is 24.0 Å². The van der Waals surface area contributed by atoms with Crippen LogP contribution < -0.4 is 10.0 Å². The zero-order valence-corrected chi connectivity index (χ0v) is 17.4. The van der Waals surface area contributed by atoms with Crippen molar-refractivity contribution < 1.29 is 26.7 Å². The Bertz CT molecular complexity index is 1070. The fourth-order valence-electron chi connectivity index (χ4n) is 2.35. The van der Waals surface area contributed by atoms with Gasteiger partial charge in [0, 0.05) is 15.4 Å². The molecule has 152 valence electrons. The monoisotopic (exact) mass is 505 g/mol. The molecule has 0 spiro atoms. The molecule has 0 aliphatic heterocycles. The van der Waals surface area contributed by atoms with Crippen molar-refractivity contribution in [1.29, 1.82) is 0 Å². The second-order valence-corrected chi connectivity index (χ2v) is 8.08. The van der Waals surface area contributed by atoms with Gasteiger partial charge in [0.25, 0.3) is 17.2 Å². The predicted molar refractivity (Wildman–Crippen MR) is 109 cm³/mol. The standard InChI is InChI=1S/C17H11BrF3N3O3S2/c18-11-4-1-9(2-5-11)14-8-28-16(22-14)23-15(25)12-6-3-10(17(19,20)21)7-13(12)24-29(26)27/h1-8,24H,(H,26,27)(H,22,23,25). The molecule has 0 saturated heterocycles. The zero-order chi connectivity index (χ0) is 21.2. The Kier molecular flexibility index (Phi) is 6.36. The van der Waals surface area contributed by atoms with Crippen LogP contribution in [0.25, 0.3) is 11.3 Å². The summed E-state index contributed by atoms with van der Waals surface area (Å²) in [5.41, 5.74) is -0.296. The number of benzene rings is 2. The van der Waals surface area contributed by atoms with E-state index < -0.39 is 34.6 Å². The van der Waals surface area contributed by atoms with Gasteiger partial charge in [0.1, 0.15) is 0 Å². The highest BCUT2D eigenvalue weighted by Gasteiger charge is 2.31. The summed E-state index contributed by atoms with van der Waals surface area (Å²) in [4.78, 5) is 16.8. The van der Waals surface area contributed by atoms with E-state index in [4.69, 9.17) is 4.55 Å². The Balaban J connectivity index is 1.85. The molecule has 0 aliphatic carbocycles. The van der Waals surface area contributed by atoms with Crippen molar-refractivity contribution in [2.45, 2.75) is 6.18 Å². The quantitative estimate of drug-likeness (QED) is 0.405. The number of rotatable bonds is 5. The van der Waals surface area contributed by atoms with Crippen molar-refractivity contribution in [2.75, 3.05) is 10.0 Å². The fraction of sp³-hybridized carbons (Fsp3) is 0.0588. The molecule has 3 N–H and O–H groups in total. The van der Waals surface area contributed by atoms with Crippen molar-refractivity contribution in [1.82, 2.24) is 4.98 Å². The van der Waals surface area contributed by atoms with Crippen molar-refractivity contribution >= 4 is 55.3 Å². The number of alkyl halides is 3. The number of nitrogens with one attached hydrogen (secondary N) is 2. The van der Waals surface area contributed by atoms with Crippen molar-refractivity contribution in [3.63, 3.8) is 0 Å². The Morgan fingerprint density at radius 2 is 1.86 bits per heavy atom. The van der Waals surface area contributed by atoms with Crippen LogP contribution in [-0.2, 0) is 17.4 Å². The minimum Gasteiger partial charge on any atom is -0.298 e. The summed E-state index contributed by atoms with van der Waals surface area (Å²) in [5.74, 6) is -0.775. The highest BCUT2D eigenvalue weighted by Crippen LogP contribution is 2.33. The van der Waals surface area contributed by atoms with Crippen LogP contribution in [0, 0.1) is 0 Å². The van der Waals surface area contributed by atoms with Gasteiger partial charge in [-0.1, -0.05) is 28.1 Å². The Labute approximate surface area is 177 Å². The first kappa shape index (κ1) is 21.4. The molecule has 0 saturated carbocycles. The summed E-state index contributed by atoms with van der Waals surface area (Å²) in [6.45, 7) is 0. The molecule has 1 heterocycles. The molecule has 0 bridgehead atoms. The van der Waals surface area contributed by atoms with Gasteiger partial charge in [-0.05, 0) is 30.3 Å². The molecular weight excluding hydrogens is 495 g/mol. The van der Waals surface area contributed by atoms with Crippen LogP contribution in [0.15, 0.2) is 52.3 Å². The van der Waals surface area contributed by atoms with E-state index in [-0.39, 0.29) is 10.7 Å². The Morgan fingerprint density at radius 3 is 2.48 bits per heavy atom. The lowest BCUT2D eigenvalue weighted by Crippen LogP contribution is -2.17. The van der Waals surface area contributed by atoms with Crippen LogP contribution in [0.1, 0.15) is 15.9 Å². The summed E-state index contributed by atoms with van der Waals surface area (Å²) < 4.78 is 61.5. The molecule has 1 unspecified atom stereocenters. The lowest BCUT2D eigenvalue weighted by atomic mass is 10.1. The smallest absolute Gasteiger partial charge is 0.298 e. The first-order chi connectivity index (χ1) is 13.6. The molecule has 1 amide bonds. The summed E-state index contributed by atoms with van der Waals surface area (Å²) in [6, 6.07) is 9.58. The Morgan fingerprint density at radius 1 is 1.17 bits per heavy atom. The number of carbonyl (C=O) groups excluding carboxylic acids is 1. The SMILES string of the molecule is O=C(Nc1nc(-c2ccc(Br)cc2)cs1)c1ccc(C(F)(F)F)cc1NS(=O)O. The maximum Gasteiger partial charge on any atom is 0.416 e. The lowest BCUT2D eigenvalue weighted by Gasteiger charge is -2.13. The number of hydrogen-bond acceptors (Lipinski definition) is 4. The topological polar surface area (TPSA) is 91.3 Å². The highest BCUT2D eigenvalue weighted by molar-refractivity contribution is 9.10. The normalized spacial score (nSPS) is 12.4. The third kappa shape index (κ3) is 5.41. The molecule has 12 heteroatoms. The molecule has 3 aromatic rings. The Hall–Kier alpha value is -2.28. The maximum atomic E-state index is 12.9. The van der Waals surface area contributed by atoms with Gasteiger partial charge in [0.15, 0.2) is 5.13 Å². The van der Waals surface area contributed by atoms with E-state index >= 15 is 0 Å². The molecule has 3 rings (SSSR count). The highest BCUT2D eigenvalue weighted by atomic mass is 79.9. The number of aromatic nitrogens is 1. The first-order valence-electron chi connectivity index (χ1n) is 7.75.